The smallest absolute Gasteiger partial charge is 0.238 e. The zero-order valence-electron chi connectivity index (χ0n) is 79.4. The van der Waals surface area contributed by atoms with Gasteiger partial charge in [0, 0.05) is 116 Å². The van der Waals surface area contributed by atoms with Crippen molar-refractivity contribution in [3.8, 4) is 126 Å². The van der Waals surface area contributed by atoms with Gasteiger partial charge in [-0.1, -0.05) is 394 Å². The predicted molar refractivity (Wildman–Crippen MR) is 600 cm³/mol. The number of rotatable bonds is 14. The fourth-order valence-electron chi connectivity index (χ4n) is 21.4. The molecule has 0 radical (unpaired) electrons. The van der Waals surface area contributed by atoms with Crippen molar-refractivity contribution in [3.05, 3.63) is 498 Å². The highest BCUT2D eigenvalue weighted by Gasteiger charge is 2.30. The van der Waals surface area contributed by atoms with Crippen LogP contribution in [0.15, 0.2) is 498 Å². The van der Waals surface area contributed by atoms with Gasteiger partial charge in [-0.3, -0.25) is 28.2 Å². The van der Waals surface area contributed by atoms with E-state index in [0.29, 0.717) is 52.8 Å². The summed E-state index contributed by atoms with van der Waals surface area (Å²) in [7, 11) is 0. The Balaban J connectivity index is 0.000000108. The number of hydrogen-bond acceptors (Lipinski definition) is 12. The molecular weight excluding hydrogens is 1810 g/mol. The molecule has 0 saturated heterocycles. The summed E-state index contributed by atoms with van der Waals surface area (Å²) in [5.74, 6) is 6.16. The highest BCUT2D eigenvalue weighted by molar-refractivity contribution is 6.27. The Morgan fingerprint density at radius 3 is 0.892 bits per heavy atom. The van der Waals surface area contributed by atoms with Crippen LogP contribution in [0.1, 0.15) is 0 Å². The monoisotopic (exact) mass is 1890 g/mol. The molecule has 12 heterocycles. The van der Waals surface area contributed by atoms with Crippen LogP contribution in [0.4, 0.5) is 0 Å². The van der Waals surface area contributed by atoms with Crippen LogP contribution in [0.5, 0.6) is 0 Å². The molecular formula is C130H82N18. The van der Waals surface area contributed by atoms with Crippen LogP contribution in [-0.2, 0) is 0 Å². The van der Waals surface area contributed by atoms with Gasteiger partial charge in [0.05, 0.1) is 77.6 Å². The maximum atomic E-state index is 5.25. The quantitative estimate of drug-likeness (QED) is 0.100. The van der Waals surface area contributed by atoms with Crippen molar-refractivity contribution in [2.75, 3.05) is 0 Å². The van der Waals surface area contributed by atoms with Crippen LogP contribution >= 0.6 is 0 Å². The standard InChI is InChI=1S/C49H31N5.C43H27N7.C38H24N6/c1-3-15-33(16-4-1)47-50-48(34-17-5-2-6-18-34)52-49(51-47)54-44-25-12-10-23-40(44)42-29-28-41-39-22-9-11-24-43(39)53(45(41)46(42)54)38-21-13-20-36(31-38)37-27-26-32-14-7-8-19-35(32)30-37;1-3-14-28(15-4-1)41-46-42(29-16-5-2-6-17-29)48-43(47-41)50-37-23-10-8-19-31(37)33-26-25-32-30-18-7-9-22-36(30)49(39(32)40(33)50)38-24-13-21-35(45-38)34-20-11-12-27-44-34;1-4-14-25(15-5-1)36-40-37(26-16-6-2-7-17-26)42-38(41-36)44-32-23-13-11-21-29(32)33-35(44)34-30(24-39-33)28-20-10-12-22-31(28)43(34)27-18-8-3-9-19-27/h1-31H;1-27H;1-24H. The number of aromatic nitrogens is 18. The largest absolute Gasteiger partial charge is 0.307 e. The molecule has 0 atom stereocenters. The average Bonchev–Trinajstić information content (AvgIpc) is 1.55. The van der Waals surface area contributed by atoms with Crippen LogP contribution in [-0.4, -0.2) is 87.2 Å². The van der Waals surface area contributed by atoms with Crippen molar-refractivity contribution in [2.24, 2.45) is 0 Å². The van der Waals surface area contributed by atoms with Gasteiger partial charge >= 0.3 is 0 Å². The molecule has 30 rings (SSSR count). The van der Waals surface area contributed by atoms with Crippen molar-refractivity contribution >= 4 is 142 Å². The van der Waals surface area contributed by atoms with E-state index in [2.05, 4.69) is 324 Å². The Hall–Kier alpha value is -20.5. The number of pyridine rings is 3. The summed E-state index contributed by atoms with van der Waals surface area (Å²) >= 11 is 0. The second-order valence-corrected chi connectivity index (χ2v) is 36.6. The third-order valence-electron chi connectivity index (χ3n) is 28.0. The maximum absolute atomic E-state index is 5.25. The van der Waals surface area contributed by atoms with Crippen molar-refractivity contribution in [1.82, 2.24) is 87.2 Å². The van der Waals surface area contributed by atoms with Gasteiger partial charge in [-0.2, -0.15) is 29.9 Å². The van der Waals surface area contributed by atoms with Gasteiger partial charge in [0.15, 0.2) is 34.9 Å². The van der Waals surface area contributed by atoms with E-state index in [-0.39, 0.29) is 0 Å². The molecule has 0 fully saturated rings. The molecule has 0 aliphatic carbocycles. The van der Waals surface area contributed by atoms with Crippen LogP contribution < -0.4 is 0 Å². The zero-order valence-corrected chi connectivity index (χ0v) is 79.4. The van der Waals surface area contributed by atoms with Gasteiger partial charge in [0.1, 0.15) is 11.3 Å². The summed E-state index contributed by atoms with van der Waals surface area (Å²) in [6, 6.07) is 167. The minimum absolute atomic E-state index is 0.545. The number of nitrogens with zero attached hydrogens (tertiary/aromatic N) is 18. The van der Waals surface area contributed by atoms with E-state index >= 15 is 0 Å². The molecule has 0 aliphatic rings. The molecule has 0 spiro atoms. The Morgan fingerprint density at radius 2 is 0.459 bits per heavy atom. The summed E-state index contributed by atoms with van der Waals surface area (Å²) in [6.45, 7) is 0. The minimum Gasteiger partial charge on any atom is -0.307 e. The number of para-hydroxylation sites is 7. The summed E-state index contributed by atoms with van der Waals surface area (Å²) in [5, 5.41) is 14.8. The molecule has 0 bridgehead atoms. The first-order valence-electron chi connectivity index (χ1n) is 49.3. The van der Waals surface area contributed by atoms with Gasteiger partial charge < -0.3 is 9.13 Å². The fourth-order valence-corrected chi connectivity index (χ4v) is 21.4. The van der Waals surface area contributed by atoms with E-state index in [0.717, 1.165) is 188 Å². The Labute approximate surface area is 846 Å². The van der Waals surface area contributed by atoms with Gasteiger partial charge in [-0.05, 0) is 113 Å². The molecule has 18 nitrogen and oxygen atoms in total. The van der Waals surface area contributed by atoms with Gasteiger partial charge in [-0.15, -0.1) is 0 Å². The zero-order chi connectivity index (χ0) is 97.6. The van der Waals surface area contributed by atoms with E-state index < -0.39 is 0 Å². The Morgan fingerprint density at radius 1 is 0.155 bits per heavy atom. The van der Waals surface area contributed by atoms with Crippen molar-refractivity contribution < 1.29 is 0 Å². The van der Waals surface area contributed by atoms with E-state index in [4.69, 9.17) is 54.8 Å². The first-order valence-corrected chi connectivity index (χ1v) is 49.3. The van der Waals surface area contributed by atoms with E-state index in [1.165, 1.54) is 27.1 Å². The number of benzene rings is 18. The third-order valence-corrected chi connectivity index (χ3v) is 28.0. The Bertz CT molecular complexity index is 10300. The number of hydrogen-bond donors (Lipinski definition) is 0. The Kier molecular flexibility index (Phi) is 20.7. The molecule has 0 aliphatic heterocycles. The summed E-state index contributed by atoms with van der Waals surface area (Å²) in [6.07, 6.45) is 3.81. The highest BCUT2D eigenvalue weighted by Crippen LogP contribution is 2.47. The molecule has 0 N–H and O–H groups in total. The van der Waals surface area contributed by atoms with E-state index in [9.17, 15) is 0 Å². The summed E-state index contributed by atoms with van der Waals surface area (Å²) in [5.41, 5.74) is 25.1. The van der Waals surface area contributed by atoms with Gasteiger partial charge in [0.25, 0.3) is 0 Å². The van der Waals surface area contributed by atoms with Gasteiger partial charge in [0.2, 0.25) is 17.8 Å². The first-order chi connectivity index (χ1) is 73.4. The normalized spacial score (nSPS) is 11.6. The summed E-state index contributed by atoms with van der Waals surface area (Å²) in [4.78, 5) is 61.0. The first kappa shape index (κ1) is 85.5. The van der Waals surface area contributed by atoms with E-state index in [1.807, 2.05) is 200 Å². The lowest BCUT2D eigenvalue weighted by molar-refractivity contribution is 0.952. The second kappa shape index (κ2) is 35.9. The molecule has 18 heteroatoms. The lowest BCUT2D eigenvalue weighted by Gasteiger charge is -2.14. The molecule has 0 amide bonds. The van der Waals surface area contributed by atoms with Crippen LogP contribution in [0, 0.1) is 0 Å². The topological polar surface area (TPSA) is 184 Å². The van der Waals surface area contributed by atoms with Crippen molar-refractivity contribution in [1.29, 1.82) is 0 Å². The number of fused-ring (bicyclic) bond motifs is 22. The molecule has 148 heavy (non-hydrogen) atoms. The van der Waals surface area contributed by atoms with Crippen LogP contribution in [0.3, 0.4) is 0 Å². The van der Waals surface area contributed by atoms with Gasteiger partial charge in [-0.25, -0.2) is 19.9 Å². The van der Waals surface area contributed by atoms with Crippen LogP contribution in [0.25, 0.3) is 268 Å². The second-order valence-electron chi connectivity index (χ2n) is 36.6. The predicted octanol–water partition coefficient (Wildman–Crippen LogP) is 30.9. The SMILES string of the molecule is c1ccc(-c2nc(-c3ccccc3)nc(-n3c4ccccc4c4ccc5c6ccccc6n(-c6cccc(-c7ccc8ccccc8c7)c6)c5c43)n2)cc1.c1ccc(-c2nc(-c3ccccc3)nc(-n3c4ccccc4c4ccc5c6ccccc6n(-c6cccc(-c7ccccn7)n6)c5c43)n2)cc1.c1ccc(-c2nc(-c3ccccc3)nc(-n3c4ccccc4c4ncc5c6ccccc6n(-c6ccccc6)c5c43)n2)cc1. The summed E-state index contributed by atoms with van der Waals surface area (Å²) < 4.78 is 13.6. The van der Waals surface area contributed by atoms with Crippen LogP contribution in [0.2, 0.25) is 0 Å². The molecule has 30 aromatic rings. The lowest BCUT2D eigenvalue weighted by Crippen LogP contribution is -2.07. The van der Waals surface area contributed by atoms with Crippen molar-refractivity contribution in [2.45, 2.75) is 0 Å². The molecule has 0 unspecified atom stereocenters. The molecule has 12 aromatic heterocycles. The molecule has 18 aromatic carbocycles. The lowest BCUT2D eigenvalue weighted by atomic mass is 10.0. The average molecular weight is 1900 g/mol. The highest BCUT2D eigenvalue weighted by atomic mass is 15.2. The molecule has 692 valence electrons. The minimum atomic E-state index is 0.545. The fraction of sp³-hybridized carbons (Fsp3) is 0. The molecule has 0 saturated carbocycles. The van der Waals surface area contributed by atoms with Crippen molar-refractivity contribution in [3.63, 3.8) is 0 Å². The maximum Gasteiger partial charge on any atom is 0.238 e. The van der Waals surface area contributed by atoms with E-state index in [1.54, 1.807) is 6.20 Å². The third kappa shape index (κ3) is 14.6.